The van der Waals surface area contributed by atoms with Gasteiger partial charge in [-0.15, -0.1) is 0 Å². The maximum atomic E-state index is 13.7. The number of amides is 2. The van der Waals surface area contributed by atoms with Gasteiger partial charge in [0.05, 0.1) is 18.4 Å². The van der Waals surface area contributed by atoms with Gasteiger partial charge in [-0.3, -0.25) is 9.59 Å². The van der Waals surface area contributed by atoms with E-state index in [-0.39, 0.29) is 11.8 Å². The highest BCUT2D eigenvalue weighted by molar-refractivity contribution is 6.45. The van der Waals surface area contributed by atoms with Crippen LogP contribution in [0.4, 0.5) is 5.69 Å². The van der Waals surface area contributed by atoms with E-state index >= 15 is 0 Å². The summed E-state index contributed by atoms with van der Waals surface area (Å²) in [6, 6.07) is 13.1. The van der Waals surface area contributed by atoms with Gasteiger partial charge in [0, 0.05) is 13.1 Å². The Hall–Kier alpha value is -3.08. The van der Waals surface area contributed by atoms with Gasteiger partial charge in [-0.05, 0) is 67.5 Å². The molecule has 2 aromatic carbocycles. The minimum atomic E-state index is -0.261. The van der Waals surface area contributed by atoms with Crippen LogP contribution in [0.25, 0.3) is 5.57 Å². The molecule has 2 unspecified atom stereocenters. The van der Waals surface area contributed by atoms with Crippen LogP contribution >= 0.6 is 0 Å². The van der Waals surface area contributed by atoms with Crippen molar-refractivity contribution < 1.29 is 14.3 Å². The average Bonchev–Trinajstić information content (AvgIpc) is 2.97. The van der Waals surface area contributed by atoms with Crippen molar-refractivity contribution >= 4 is 23.1 Å². The summed E-state index contributed by atoms with van der Waals surface area (Å²) in [5.74, 6) is 1.11. The molecule has 31 heavy (non-hydrogen) atoms. The summed E-state index contributed by atoms with van der Waals surface area (Å²) >= 11 is 0. The van der Waals surface area contributed by atoms with Gasteiger partial charge in [0.25, 0.3) is 11.8 Å². The van der Waals surface area contributed by atoms with Crippen LogP contribution in [0.2, 0.25) is 0 Å². The van der Waals surface area contributed by atoms with Crippen molar-refractivity contribution in [3.63, 3.8) is 0 Å². The van der Waals surface area contributed by atoms with Gasteiger partial charge in [0.2, 0.25) is 0 Å². The Labute approximate surface area is 184 Å². The summed E-state index contributed by atoms with van der Waals surface area (Å²) in [7, 11) is 1.60. The third kappa shape index (κ3) is 3.85. The van der Waals surface area contributed by atoms with E-state index in [1.165, 1.54) is 4.90 Å². The minimum absolute atomic E-state index is 0.244. The van der Waals surface area contributed by atoms with E-state index in [0.717, 1.165) is 36.2 Å². The number of aryl methyl sites for hydroxylation is 2. The molecule has 2 atom stereocenters. The van der Waals surface area contributed by atoms with Crippen molar-refractivity contribution in [2.24, 2.45) is 11.8 Å². The maximum Gasteiger partial charge on any atom is 0.282 e. The number of carbonyl (C=O) groups is 2. The van der Waals surface area contributed by atoms with Gasteiger partial charge in [-0.1, -0.05) is 37.6 Å². The van der Waals surface area contributed by atoms with E-state index in [2.05, 4.69) is 24.8 Å². The van der Waals surface area contributed by atoms with E-state index in [1.54, 1.807) is 31.4 Å². The topological polar surface area (TPSA) is 49.9 Å². The SMILES string of the molecule is COc1ccc(N2C(=O)C(c3ccc(C)cc3C)=C(N3CC(C)CC(C)C3)C2=O)cc1. The molecule has 2 aliphatic rings. The molecule has 0 aliphatic carbocycles. The largest absolute Gasteiger partial charge is 0.497 e. The third-order valence-electron chi connectivity index (χ3n) is 6.23. The lowest BCUT2D eigenvalue weighted by Crippen LogP contribution is -2.42. The fourth-order valence-electron chi connectivity index (χ4n) is 4.96. The molecule has 0 aromatic heterocycles. The molecule has 1 saturated heterocycles. The lowest BCUT2D eigenvalue weighted by Gasteiger charge is -2.37. The van der Waals surface area contributed by atoms with E-state index in [0.29, 0.717) is 34.5 Å². The van der Waals surface area contributed by atoms with Crippen molar-refractivity contribution in [3.8, 4) is 5.75 Å². The van der Waals surface area contributed by atoms with E-state index in [1.807, 2.05) is 26.0 Å². The first-order valence-corrected chi connectivity index (χ1v) is 10.9. The average molecular weight is 419 g/mol. The number of hydrogen-bond acceptors (Lipinski definition) is 4. The molecule has 4 rings (SSSR count). The smallest absolute Gasteiger partial charge is 0.282 e. The van der Waals surface area contributed by atoms with Gasteiger partial charge < -0.3 is 9.64 Å². The number of likely N-dealkylation sites (tertiary alicyclic amines) is 1. The first-order valence-electron chi connectivity index (χ1n) is 10.9. The zero-order valence-corrected chi connectivity index (χ0v) is 18.9. The van der Waals surface area contributed by atoms with Crippen LogP contribution in [0.1, 0.15) is 37.0 Å². The van der Waals surface area contributed by atoms with Gasteiger partial charge in [-0.25, -0.2) is 4.90 Å². The Bertz CT molecular complexity index is 1040. The van der Waals surface area contributed by atoms with Gasteiger partial charge in [-0.2, -0.15) is 0 Å². The number of imide groups is 1. The molecule has 2 amide bonds. The number of piperidine rings is 1. The van der Waals surface area contributed by atoms with Crippen LogP contribution in [-0.2, 0) is 9.59 Å². The van der Waals surface area contributed by atoms with Crippen LogP contribution in [0, 0.1) is 25.7 Å². The maximum absolute atomic E-state index is 13.7. The molecule has 1 fully saturated rings. The number of nitrogens with zero attached hydrogens (tertiary/aromatic N) is 2. The first-order chi connectivity index (χ1) is 14.8. The molecule has 2 heterocycles. The predicted molar refractivity (Wildman–Crippen MR) is 123 cm³/mol. The van der Waals surface area contributed by atoms with Crippen LogP contribution < -0.4 is 9.64 Å². The molecule has 5 nitrogen and oxygen atoms in total. The van der Waals surface area contributed by atoms with Crippen LogP contribution in [0.15, 0.2) is 48.2 Å². The Morgan fingerprint density at radius 2 is 1.55 bits per heavy atom. The Kier molecular flexibility index (Phi) is 5.61. The zero-order chi connectivity index (χ0) is 22.3. The first kappa shape index (κ1) is 21.2. The molecule has 0 bridgehead atoms. The van der Waals surface area contributed by atoms with Crippen molar-refractivity contribution in [3.05, 3.63) is 64.9 Å². The molecular weight excluding hydrogens is 388 g/mol. The van der Waals surface area contributed by atoms with E-state index in [9.17, 15) is 9.59 Å². The lowest BCUT2D eigenvalue weighted by molar-refractivity contribution is -0.120. The quantitative estimate of drug-likeness (QED) is 0.683. The van der Waals surface area contributed by atoms with Gasteiger partial charge >= 0.3 is 0 Å². The second-order valence-electron chi connectivity index (χ2n) is 9.04. The molecule has 0 N–H and O–H groups in total. The zero-order valence-electron chi connectivity index (χ0n) is 18.9. The highest BCUT2D eigenvalue weighted by Crippen LogP contribution is 2.38. The molecular formula is C26H30N2O3. The second-order valence-corrected chi connectivity index (χ2v) is 9.04. The molecule has 0 spiro atoms. The van der Waals surface area contributed by atoms with Crippen molar-refractivity contribution in [1.29, 1.82) is 0 Å². The predicted octanol–water partition coefficient (Wildman–Crippen LogP) is 4.57. The number of anilines is 1. The summed E-state index contributed by atoms with van der Waals surface area (Å²) in [5, 5.41) is 0. The summed E-state index contributed by atoms with van der Waals surface area (Å²) in [6.07, 6.45) is 1.13. The fourth-order valence-corrected chi connectivity index (χ4v) is 4.96. The molecule has 0 radical (unpaired) electrons. The summed E-state index contributed by atoms with van der Waals surface area (Å²) in [4.78, 5) is 30.9. The van der Waals surface area contributed by atoms with Crippen molar-refractivity contribution in [1.82, 2.24) is 4.90 Å². The Balaban J connectivity index is 1.84. The normalized spacial score (nSPS) is 21.8. The van der Waals surface area contributed by atoms with E-state index in [4.69, 9.17) is 4.74 Å². The van der Waals surface area contributed by atoms with E-state index < -0.39 is 0 Å². The number of ether oxygens (including phenoxy) is 1. The number of rotatable bonds is 4. The molecule has 2 aliphatic heterocycles. The molecule has 2 aromatic rings. The Morgan fingerprint density at radius 1 is 0.903 bits per heavy atom. The summed E-state index contributed by atoms with van der Waals surface area (Å²) < 4.78 is 5.24. The number of carbonyl (C=O) groups excluding carboxylic acids is 2. The number of methoxy groups -OCH3 is 1. The highest BCUT2D eigenvalue weighted by atomic mass is 16.5. The Morgan fingerprint density at radius 3 is 2.13 bits per heavy atom. The number of hydrogen-bond donors (Lipinski definition) is 0. The highest BCUT2D eigenvalue weighted by Gasteiger charge is 2.44. The molecule has 0 saturated carbocycles. The molecule has 5 heteroatoms. The molecule has 162 valence electrons. The van der Waals surface area contributed by atoms with Crippen LogP contribution in [0.3, 0.4) is 0 Å². The minimum Gasteiger partial charge on any atom is -0.497 e. The van der Waals surface area contributed by atoms with Gasteiger partial charge in [0.1, 0.15) is 11.4 Å². The summed E-state index contributed by atoms with van der Waals surface area (Å²) in [6.45, 7) is 10.0. The summed E-state index contributed by atoms with van der Waals surface area (Å²) in [5.41, 5.74) is 4.58. The van der Waals surface area contributed by atoms with Crippen molar-refractivity contribution in [2.45, 2.75) is 34.1 Å². The third-order valence-corrected chi connectivity index (χ3v) is 6.23. The number of benzene rings is 2. The van der Waals surface area contributed by atoms with Crippen LogP contribution in [-0.4, -0.2) is 36.9 Å². The van der Waals surface area contributed by atoms with Gasteiger partial charge in [0.15, 0.2) is 0 Å². The monoisotopic (exact) mass is 418 g/mol. The van der Waals surface area contributed by atoms with Crippen LogP contribution in [0.5, 0.6) is 5.75 Å². The second kappa shape index (κ2) is 8.22. The van der Waals surface area contributed by atoms with Crippen molar-refractivity contribution in [2.75, 3.05) is 25.1 Å². The standard InChI is InChI=1S/C26H30N2O3/c1-16-6-11-22(19(4)13-16)23-24(27-14-17(2)12-18(3)15-27)26(30)28(25(23)29)20-7-9-21(31-5)10-8-20/h6-11,13,17-18H,12,14-15H2,1-5H3. The lowest BCUT2D eigenvalue weighted by atomic mass is 9.90. The fraction of sp³-hybridized carbons (Fsp3) is 0.385.